The first-order valence-electron chi connectivity index (χ1n) is 6.23. The van der Waals surface area contributed by atoms with Crippen molar-refractivity contribution >= 4 is 11.9 Å². The summed E-state index contributed by atoms with van der Waals surface area (Å²) in [5.41, 5.74) is 4.13. The highest BCUT2D eigenvalue weighted by Gasteiger charge is 2.43. The van der Waals surface area contributed by atoms with Gasteiger partial charge in [-0.2, -0.15) is 0 Å². The van der Waals surface area contributed by atoms with Gasteiger partial charge in [0.1, 0.15) is 6.04 Å². The lowest BCUT2D eigenvalue weighted by atomic mass is 9.89. The summed E-state index contributed by atoms with van der Waals surface area (Å²) in [6.07, 6.45) is 1.17. The van der Waals surface area contributed by atoms with Crippen molar-refractivity contribution in [3.05, 3.63) is 0 Å². The fraction of sp³-hybridized carbons (Fsp3) is 0.833. The van der Waals surface area contributed by atoms with Crippen molar-refractivity contribution in [2.45, 2.75) is 52.2 Å². The number of hydrogen-bond donors (Lipinski definition) is 4. The lowest BCUT2D eigenvalue weighted by Crippen LogP contribution is -2.68. The summed E-state index contributed by atoms with van der Waals surface area (Å²) >= 11 is 0. The smallest absolute Gasteiger partial charge is 0.339 e. The zero-order chi connectivity index (χ0) is 14.5. The van der Waals surface area contributed by atoms with Crippen LogP contribution in [0.4, 0.5) is 0 Å². The molecule has 0 aliphatic heterocycles. The van der Waals surface area contributed by atoms with Gasteiger partial charge in [0.15, 0.2) is 5.66 Å². The van der Waals surface area contributed by atoms with E-state index in [-0.39, 0.29) is 11.8 Å². The molecule has 0 fully saturated rings. The molecule has 0 aliphatic carbocycles. The first-order chi connectivity index (χ1) is 8.20. The topological polar surface area (TPSA) is 113 Å². The highest BCUT2D eigenvalue weighted by Crippen LogP contribution is 2.19. The van der Waals surface area contributed by atoms with Crippen LogP contribution in [-0.2, 0) is 9.59 Å². The maximum atomic E-state index is 11.3. The summed E-state index contributed by atoms with van der Waals surface area (Å²) in [4.78, 5) is 22.5. The minimum Gasteiger partial charge on any atom is -0.480 e. The molecular weight excluding hydrogens is 236 g/mol. The molecule has 18 heavy (non-hydrogen) atoms. The zero-order valence-corrected chi connectivity index (χ0v) is 11.4. The third-order valence-electron chi connectivity index (χ3n) is 3.62. The fourth-order valence-electron chi connectivity index (χ4n) is 1.68. The highest BCUT2D eigenvalue weighted by molar-refractivity contribution is 5.81. The van der Waals surface area contributed by atoms with Crippen LogP contribution in [-0.4, -0.2) is 33.9 Å². The van der Waals surface area contributed by atoms with Crippen LogP contribution in [0.1, 0.15) is 40.5 Å². The summed E-state index contributed by atoms with van der Waals surface area (Å²) in [5, 5.41) is 21.0. The molecule has 0 bridgehead atoms. The van der Waals surface area contributed by atoms with Gasteiger partial charge < -0.3 is 15.9 Å². The molecule has 0 saturated heterocycles. The summed E-state index contributed by atoms with van der Waals surface area (Å²) in [5.74, 6) is -2.88. The van der Waals surface area contributed by atoms with Gasteiger partial charge in [-0.05, 0) is 18.3 Å². The molecule has 106 valence electrons. The Balaban J connectivity index is 5.17. The molecule has 0 aromatic carbocycles. The first kappa shape index (κ1) is 16.9. The van der Waals surface area contributed by atoms with Crippen molar-refractivity contribution in [1.29, 1.82) is 0 Å². The number of hydrogen-bond acceptors (Lipinski definition) is 4. The molecule has 4 atom stereocenters. The van der Waals surface area contributed by atoms with Gasteiger partial charge >= 0.3 is 11.9 Å². The number of nitrogens with two attached hydrogens (primary N) is 1. The van der Waals surface area contributed by atoms with E-state index in [4.69, 9.17) is 10.8 Å². The van der Waals surface area contributed by atoms with E-state index in [1.165, 1.54) is 0 Å². The summed E-state index contributed by atoms with van der Waals surface area (Å²) in [6, 6.07) is -0.968. The predicted octanol–water partition coefficient (Wildman–Crippen LogP) is 0.861. The van der Waals surface area contributed by atoms with Gasteiger partial charge in [-0.1, -0.05) is 34.1 Å². The Morgan fingerprint density at radius 3 is 2.00 bits per heavy atom. The number of aliphatic carboxylic acids is 2. The molecule has 0 aliphatic rings. The van der Waals surface area contributed by atoms with Crippen molar-refractivity contribution < 1.29 is 19.8 Å². The molecule has 0 amide bonds. The van der Waals surface area contributed by atoms with Gasteiger partial charge in [-0.15, -0.1) is 0 Å². The predicted molar refractivity (Wildman–Crippen MR) is 68.0 cm³/mol. The Bertz CT molecular complexity index is 308. The lowest BCUT2D eigenvalue weighted by Gasteiger charge is -2.36. The average molecular weight is 260 g/mol. The molecular formula is C12H24N2O4. The third kappa shape index (κ3) is 3.68. The minimum absolute atomic E-state index is 0.200. The van der Waals surface area contributed by atoms with E-state index in [2.05, 4.69) is 5.32 Å². The second-order valence-electron chi connectivity index (χ2n) is 4.83. The number of carboxylic acids is 2. The van der Waals surface area contributed by atoms with E-state index in [0.29, 0.717) is 12.8 Å². The second kappa shape index (κ2) is 6.70. The van der Waals surface area contributed by atoms with Gasteiger partial charge in [-0.3, -0.25) is 10.1 Å². The minimum atomic E-state index is -1.72. The largest absolute Gasteiger partial charge is 0.480 e. The van der Waals surface area contributed by atoms with E-state index in [9.17, 15) is 14.7 Å². The molecule has 0 radical (unpaired) electrons. The van der Waals surface area contributed by atoms with Crippen LogP contribution in [0.25, 0.3) is 0 Å². The maximum absolute atomic E-state index is 11.3. The van der Waals surface area contributed by atoms with Gasteiger partial charge in [0.05, 0.1) is 0 Å². The van der Waals surface area contributed by atoms with Crippen molar-refractivity contribution in [3.63, 3.8) is 0 Å². The molecule has 0 heterocycles. The van der Waals surface area contributed by atoms with Gasteiger partial charge in [0.2, 0.25) is 0 Å². The molecule has 0 aromatic rings. The van der Waals surface area contributed by atoms with E-state index >= 15 is 0 Å². The Morgan fingerprint density at radius 1 is 1.22 bits per heavy atom. The van der Waals surface area contributed by atoms with Crippen LogP contribution < -0.4 is 11.1 Å². The summed E-state index contributed by atoms with van der Waals surface area (Å²) in [6.45, 7) is 7.11. The number of rotatable bonds is 8. The molecule has 5 N–H and O–H groups in total. The standard InChI is InChI=1S/C12H24N2O4/c1-5-7(3)9(10(15)16)14-12(13,11(17)18)8(4)6-2/h7-9,14H,5-6,13H2,1-4H3,(H,15,16)(H,17,18)/t7-,8+,9+,12-/m0/s1. The van der Waals surface area contributed by atoms with Crippen molar-refractivity contribution in [3.8, 4) is 0 Å². The highest BCUT2D eigenvalue weighted by atomic mass is 16.4. The van der Waals surface area contributed by atoms with Crippen molar-refractivity contribution in [2.75, 3.05) is 0 Å². The van der Waals surface area contributed by atoms with Gasteiger partial charge in [0, 0.05) is 0 Å². The second-order valence-corrected chi connectivity index (χ2v) is 4.83. The van der Waals surface area contributed by atoms with Crippen molar-refractivity contribution in [1.82, 2.24) is 5.32 Å². The van der Waals surface area contributed by atoms with Crippen molar-refractivity contribution in [2.24, 2.45) is 17.6 Å². The summed E-state index contributed by atoms with van der Waals surface area (Å²) in [7, 11) is 0. The fourth-order valence-corrected chi connectivity index (χ4v) is 1.68. The van der Waals surface area contributed by atoms with Gasteiger partial charge in [0.25, 0.3) is 0 Å². The molecule has 6 nitrogen and oxygen atoms in total. The van der Waals surface area contributed by atoms with Crippen LogP contribution in [0.2, 0.25) is 0 Å². The number of nitrogens with one attached hydrogen (secondary N) is 1. The Morgan fingerprint density at radius 2 is 1.72 bits per heavy atom. The first-order valence-corrected chi connectivity index (χ1v) is 6.23. The monoisotopic (exact) mass is 260 g/mol. The van der Waals surface area contributed by atoms with E-state index < -0.39 is 23.6 Å². The van der Waals surface area contributed by atoms with E-state index in [1.54, 1.807) is 13.8 Å². The Hall–Kier alpha value is -1.14. The van der Waals surface area contributed by atoms with Crippen LogP contribution >= 0.6 is 0 Å². The normalized spacial score (nSPS) is 19.6. The summed E-state index contributed by atoms with van der Waals surface area (Å²) < 4.78 is 0. The van der Waals surface area contributed by atoms with Crippen LogP contribution in [0, 0.1) is 11.8 Å². The molecule has 0 spiro atoms. The number of carboxylic acid groups (broad SMARTS) is 2. The molecule has 0 rings (SSSR count). The van der Waals surface area contributed by atoms with Gasteiger partial charge in [-0.25, -0.2) is 4.79 Å². The lowest BCUT2D eigenvalue weighted by molar-refractivity contribution is -0.150. The maximum Gasteiger partial charge on any atom is 0.339 e. The molecule has 0 unspecified atom stereocenters. The van der Waals surface area contributed by atoms with E-state index in [0.717, 1.165) is 0 Å². The molecule has 0 aromatic heterocycles. The molecule has 6 heteroatoms. The van der Waals surface area contributed by atoms with E-state index in [1.807, 2.05) is 13.8 Å². The van der Waals surface area contributed by atoms with Crippen LogP contribution in [0.3, 0.4) is 0 Å². The van der Waals surface area contributed by atoms with Crippen LogP contribution in [0.15, 0.2) is 0 Å². The third-order valence-corrected chi connectivity index (χ3v) is 3.62. The molecule has 0 saturated carbocycles. The number of carbonyl (C=O) groups is 2. The Labute approximate surface area is 108 Å². The quantitative estimate of drug-likeness (QED) is 0.481. The van der Waals surface area contributed by atoms with Crippen LogP contribution in [0.5, 0.6) is 0 Å². The SMILES string of the molecule is CC[C@@H](C)[C@](N)(N[C@@H](C(=O)O)[C@@H](C)CC)C(=O)O. The Kier molecular flexibility index (Phi) is 6.28. The zero-order valence-electron chi connectivity index (χ0n) is 11.4. The average Bonchev–Trinajstić information content (AvgIpc) is 2.32.